The summed E-state index contributed by atoms with van der Waals surface area (Å²) in [5.41, 5.74) is 0.467. The number of likely N-dealkylation sites (N-methyl/N-ethyl adjacent to an activating group) is 1. The van der Waals surface area contributed by atoms with Gasteiger partial charge in [-0.2, -0.15) is 0 Å². The van der Waals surface area contributed by atoms with E-state index >= 15 is 0 Å². The largest absolute Gasteiger partial charge is 0.315 e. The second-order valence-corrected chi connectivity index (χ2v) is 7.59. The third-order valence-electron chi connectivity index (χ3n) is 5.47. The Bertz CT molecular complexity index is 291. The molecular formula is C16H30N2. The van der Waals surface area contributed by atoms with Gasteiger partial charge in [-0.05, 0) is 56.9 Å². The van der Waals surface area contributed by atoms with Crippen LogP contribution in [-0.4, -0.2) is 36.6 Å². The van der Waals surface area contributed by atoms with Crippen molar-refractivity contribution < 1.29 is 0 Å². The zero-order valence-electron chi connectivity index (χ0n) is 12.4. The van der Waals surface area contributed by atoms with Gasteiger partial charge >= 0.3 is 0 Å². The summed E-state index contributed by atoms with van der Waals surface area (Å²) < 4.78 is 0. The molecule has 2 heteroatoms. The van der Waals surface area contributed by atoms with Crippen molar-refractivity contribution in [1.82, 2.24) is 10.2 Å². The van der Waals surface area contributed by atoms with Crippen LogP contribution in [0.15, 0.2) is 0 Å². The number of nitrogens with zero attached hydrogens (tertiary/aromatic N) is 1. The summed E-state index contributed by atoms with van der Waals surface area (Å²) in [6.45, 7) is 6.31. The van der Waals surface area contributed by atoms with Crippen LogP contribution in [0.25, 0.3) is 0 Å². The summed E-state index contributed by atoms with van der Waals surface area (Å²) in [7, 11) is 2.17. The summed E-state index contributed by atoms with van der Waals surface area (Å²) in [6.07, 6.45) is 10.1. The number of hydrogen-bond donors (Lipinski definition) is 1. The lowest BCUT2D eigenvalue weighted by Gasteiger charge is -2.48. The van der Waals surface area contributed by atoms with Crippen LogP contribution < -0.4 is 5.32 Å². The number of hydrogen-bond acceptors (Lipinski definition) is 2. The maximum atomic E-state index is 3.66. The molecule has 0 bridgehead atoms. The first kappa shape index (κ1) is 12.9. The Kier molecular flexibility index (Phi) is 3.44. The van der Waals surface area contributed by atoms with Gasteiger partial charge in [0, 0.05) is 24.7 Å². The highest BCUT2D eigenvalue weighted by atomic mass is 15.2. The summed E-state index contributed by atoms with van der Waals surface area (Å²) in [5, 5.41) is 3.66. The molecule has 0 radical (unpaired) electrons. The van der Waals surface area contributed by atoms with E-state index in [1.165, 1.54) is 51.5 Å². The van der Waals surface area contributed by atoms with Gasteiger partial charge in [0.05, 0.1) is 0 Å². The van der Waals surface area contributed by atoms with Gasteiger partial charge in [-0.25, -0.2) is 0 Å². The number of nitrogens with one attached hydrogen (secondary N) is 1. The van der Waals surface area contributed by atoms with E-state index in [9.17, 15) is 0 Å². The summed E-state index contributed by atoms with van der Waals surface area (Å²) in [6, 6.07) is 2.41. The van der Waals surface area contributed by atoms with Crippen molar-refractivity contribution in [2.75, 3.05) is 13.6 Å². The quantitative estimate of drug-likeness (QED) is 0.807. The average Bonchev–Trinajstić information content (AvgIpc) is 3.16. The molecular weight excluding hydrogens is 220 g/mol. The van der Waals surface area contributed by atoms with E-state index in [4.69, 9.17) is 0 Å². The first-order valence-electron chi connectivity index (χ1n) is 8.05. The van der Waals surface area contributed by atoms with Gasteiger partial charge in [-0.15, -0.1) is 0 Å². The molecule has 3 aliphatic rings. The fraction of sp³-hybridized carbons (Fsp3) is 1.00. The van der Waals surface area contributed by atoms with E-state index in [2.05, 4.69) is 31.1 Å². The normalized spacial score (nSPS) is 36.0. The van der Waals surface area contributed by atoms with E-state index in [-0.39, 0.29) is 0 Å². The van der Waals surface area contributed by atoms with Crippen LogP contribution in [0.3, 0.4) is 0 Å². The second-order valence-electron chi connectivity index (χ2n) is 7.59. The van der Waals surface area contributed by atoms with E-state index in [1.54, 1.807) is 0 Å². The van der Waals surface area contributed by atoms with Gasteiger partial charge in [-0.3, -0.25) is 4.90 Å². The van der Waals surface area contributed by atoms with Gasteiger partial charge in [0.2, 0.25) is 0 Å². The molecule has 1 N–H and O–H groups in total. The zero-order chi connectivity index (χ0) is 12.8. The van der Waals surface area contributed by atoms with Crippen LogP contribution in [0.1, 0.15) is 58.8 Å². The minimum Gasteiger partial charge on any atom is -0.315 e. The van der Waals surface area contributed by atoms with Crippen LogP contribution in [0, 0.1) is 11.3 Å². The highest BCUT2D eigenvalue weighted by molar-refractivity contribution is 5.02. The maximum Gasteiger partial charge on any atom is 0.0271 e. The Morgan fingerprint density at radius 1 is 1.11 bits per heavy atom. The first-order chi connectivity index (χ1) is 8.62. The Hall–Kier alpha value is -0.0800. The van der Waals surface area contributed by atoms with Crippen LogP contribution in [0.4, 0.5) is 0 Å². The summed E-state index contributed by atoms with van der Waals surface area (Å²) >= 11 is 0. The Morgan fingerprint density at radius 3 is 2.39 bits per heavy atom. The molecule has 3 fully saturated rings. The molecule has 18 heavy (non-hydrogen) atoms. The SMILES string of the molecule is CNC1C(N(CC2CC2)C2CC2)CCCC1(C)C. The topological polar surface area (TPSA) is 15.3 Å². The zero-order valence-corrected chi connectivity index (χ0v) is 12.4. The predicted molar refractivity (Wildman–Crippen MR) is 76.7 cm³/mol. The number of rotatable bonds is 5. The molecule has 0 amide bonds. The first-order valence-corrected chi connectivity index (χ1v) is 8.05. The van der Waals surface area contributed by atoms with Crippen molar-refractivity contribution in [2.24, 2.45) is 11.3 Å². The van der Waals surface area contributed by atoms with E-state index in [0.717, 1.165) is 18.0 Å². The molecule has 0 heterocycles. The van der Waals surface area contributed by atoms with E-state index in [0.29, 0.717) is 11.5 Å². The highest BCUT2D eigenvalue weighted by Gasteiger charge is 2.45. The van der Waals surface area contributed by atoms with Gasteiger partial charge in [0.15, 0.2) is 0 Å². The Labute approximate surface area is 113 Å². The van der Waals surface area contributed by atoms with Crippen LogP contribution in [-0.2, 0) is 0 Å². The molecule has 2 nitrogen and oxygen atoms in total. The molecule has 0 aromatic rings. The standard InChI is InChI=1S/C16H30N2/c1-16(2)10-4-5-14(15(16)17-3)18(13-8-9-13)11-12-6-7-12/h12-15,17H,4-11H2,1-3H3. The lowest BCUT2D eigenvalue weighted by Crippen LogP contribution is -2.58. The molecule has 0 aromatic heterocycles. The van der Waals surface area contributed by atoms with Crippen LogP contribution in [0.5, 0.6) is 0 Å². The molecule has 0 saturated heterocycles. The summed E-state index contributed by atoms with van der Waals surface area (Å²) in [5.74, 6) is 1.04. The lowest BCUT2D eigenvalue weighted by atomic mass is 9.70. The third kappa shape index (κ3) is 2.60. The van der Waals surface area contributed by atoms with Crippen molar-refractivity contribution in [1.29, 1.82) is 0 Å². The molecule has 104 valence electrons. The molecule has 0 aliphatic heterocycles. The smallest absolute Gasteiger partial charge is 0.0271 e. The second kappa shape index (κ2) is 4.79. The van der Waals surface area contributed by atoms with Gasteiger partial charge in [0.25, 0.3) is 0 Å². The third-order valence-corrected chi connectivity index (χ3v) is 5.47. The minimum atomic E-state index is 0.467. The fourth-order valence-corrected chi connectivity index (χ4v) is 4.11. The van der Waals surface area contributed by atoms with Crippen molar-refractivity contribution >= 4 is 0 Å². The Balaban J connectivity index is 1.73. The molecule has 0 spiro atoms. The molecule has 2 unspecified atom stereocenters. The monoisotopic (exact) mass is 250 g/mol. The van der Waals surface area contributed by atoms with Crippen molar-refractivity contribution in [3.8, 4) is 0 Å². The van der Waals surface area contributed by atoms with E-state index < -0.39 is 0 Å². The van der Waals surface area contributed by atoms with Crippen molar-refractivity contribution in [2.45, 2.75) is 76.9 Å². The highest BCUT2D eigenvalue weighted by Crippen LogP contribution is 2.43. The molecule has 3 aliphatic carbocycles. The van der Waals surface area contributed by atoms with Gasteiger partial charge in [0.1, 0.15) is 0 Å². The van der Waals surface area contributed by atoms with Crippen LogP contribution >= 0.6 is 0 Å². The fourth-order valence-electron chi connectivity index (χ4n) is 4.11. The van der Waals surface area contributed by atoms with Crippen molar-refractivity contribution in [3.63, 3.8) is 0 Å². The average molecular weight is 250 g/mol. The molecule has 3 rings (SSSR count). The summed E-state index contributed by atoms with van der Waals surface area (Å²) in [4.78, 5) is 2.90. The van der Waals surface area contributed by atoms with E-state index in [1.807, 2.05) is 0 Å². The predicted octanol–water partition coefficient (Wildman–Crippen LogP) is 3.03. The van der Waals surface area contributed by atoms with Gasteiger partial charge < -0.3 is 5.32 Å². The molecule has 3 saturated carbocycles. The minimum absolute atomic E-state index is 0.467. The molecule has 0 aromatic carbocycles. The maximum absolute atomic E-state index is 3.66. The molecule has 2 atom stereocenters. The Morgan fingerprint density at radius 2 is 1.83 bits per heavy atom. The van der Waals surface area contributed by atoms with Gasteiger partial charge in [-0.1, -0.05) is 20.3 Å². The van der Waals surface area contributed by atoms with Crippen molar-refractivity contribution in [3.05, 3.63) is 0 Å². The lowest BCUT2D eigenvalue weighted by molar-refractivity contribution is 0.0442. The van der Waals surface area contributed by atoms with Crippen LogP contribution in [0.2, 0.25) is 0 Å².